The number of benzene rings is 3. The third-order valence-corrected chi connectivity index (χ3v) is 9.65. The van der Waals surface area contributed by atoms with Gasteiger partial charge in [-0.25, -0.2) is 0 Å². The van der Waals surface area contributed by atoms with Crippen LogP contribution in [0.4, 0.5) is 84.7 Å². The lowest BCUT2D eigenvalue weighted by molar-refractivity contribution is -0.144. The first-order valence-corrected chi connectivity index (χ1v) is 20.1. The summed E-state index contributed by atoms with van der Waals surface area (Å²) in [6.07, 6.45) is -24.1. The molecule has 0 amide bonds. The molecule has 0 aromatic heterocycles. The van der Waals surface area contributed by atoms with Gasteiger partial charge in [-0.15, -0.1) is 0 Å². The number of anilines is 1. The highest BCUT2D eigenvalue weighted by Crippen LogP contribution is 2.47. The number of alkyl halides is 18. The van der Waals surface area contributed by atoms with Crippen molar-refractivity contribution < 1.29 is 93.0 Å². The van der Waals surface area contributed by atoms with E-state index in [4.69, 9.17) is 14.0 Å². The summed E-state index contributed by atoms with van der Waals surface area (Å²) in [6, 6.07) is -1.78. The van der Waals surface area contributed by atoms with Crippen LogP contribution in [-0.4, -0.2) is 20.4 Å². The van der Waals surface area contributed by atoms with Crippen molar-refractivity contribution in [2.45, 2.75) is 134 Å². The van der Waals surface area contributed by atoms with Gasteiger partial charge >= 0.3 is 44.4 Å². The molecule has 3 aromatic rings. The van der Waals surface area contributed by atoms with Gasteiger partial charge in [0, 0.05) is 13.1 Å². The second-order valence-corrected chi connectivity index (χ2v) is 14.9. The second kappa shape index (κ2) is 22.2. The predicted molar refractivity (Wildman–Crippen MR) is 201 cm³/mol. The van der Waals surface area contributed by atoms with Crippen molar-refractivity contribution in [3.63, 3.8) is 0 Å². The Hall–Kier alpha value is -4.34. The van der Waals surface area contributed by atoms with Crippen LogP contribution in [0.3, 0.4) is 0 Å². The molecule has 0 aliphatic carbocycles. The molecule has 3 aromatic carbocycles. The van der Waals surface area contributed by atoms with Crippen molar-refractivity contribution in [1.82, 2.24) is 0 Å². The summed E-state index contributed by atoms with van der Waals surface area (Å²) in [6.45, 7) is 3.09. The van der Waals surface area contributed by atoms with E-state index in [1.54, 1.807) is 6.92 Å². The smallest absolute Gasteiger partial charge is 0.490 e. The van der Waals surface area contributed by atoms with E-state index in [0.717, 1.165) is 56.3 Å². The van der Waals surface area contributed by atoms with Gasteiger partial charge in [0.05, 0.1) is 39.1 Å². The summed E-state index contributed by atoms with van der Waals surface area (Å²) in [4.78, 5) is 0.963. The van der Waals surface area contributed by atoms with Crippen LogP contribution in [-0.2, 0) is 37.1 Å². The van der Waals surface area contributed by atoms with Gasteiger partial charge in [0.25, 0.3) is 0 Å². The monoisotopic (exact) mass is 951 g/mol. The van der Waals surface area contributed by atoms with Crippen molar-refractivity contribution in [3.05, 3.63) is 81.9 Å². The fourth-order valence-electron chi connectivity index (χ4n) is 6.44. The Morgan fingerprint density at radius 3 is 1.05 bits per heavy atom. The largest absolute Gasteiger partial charge is 0.864 e. The Morgan fingerprint density at radius 1 is 0.375 bits per heavy atom. The van der Waals surface area contributed by atoms with Gasteiger partial charge in [-0.2, -0.15) is 79.0 Å². The van der Waals surface area contributed by atoms with Gasteiger partial charge in [0.15, 0.2) is 0 Å². The Bertz CT molecular complexity index is 1780. The van der Waals surface area contributed by atoms with Gasteiger partial charge in [0.1, 0.15) is 17.2 Å². The maximum absolute atomic E-state index is 14.9. The van der Waals surface area contributed by atoms with Crippen LogP contribution in [0.25, 0.3) is 0 Å². The zero-order valence-electron chi connectivity index (χ0n) is 34.3. The number of hydrogen-bond donors (Lipinski definition) is 0. The first-order chi connectivity index (χ1) is 29.4. The molecule has 4 nitrogen and oxygen atoms in total. The number of rotatable bonds is 22. The Labute approximate surface area is 357 Å². The third-order valence-electron chi connectivity index (χ3n) is 9.65. The van der Waals surface area contributed by atoms with Gasteiger partial charge in [0.2, 0.25) is 0 Å². The van der Waals surface area contributed by atoms with Crippen LogP contribution in [0.15, 0.2) is 48.5 Å². The minimum Gasteiger partial charge on any atom is -0.490 e. The Kier molecular flexibility index (Phi) is 18.8. The molecule has 0 fully saturated rings. The number of unbranched alkanes of at least 4 members (excludes halogenated alkanes) is 11. The molecule has 0 radical (unpaired) electrons. The number of hydrogen-bond acceptors (Lipinski definition) is 4. The molecule has 3 rings (SSSR count). The van der Waals surface area contributed by atoms with Crippen molar-refractivity contribution in [2.75, 3.05) is 18.0 Å². The third kappa shape index (κ3) is 16.9. The maximum atomic E-state index is 14.9. The van der Waals surface area contributed by atoms with E-state index >= 15 is 0 Å². The highest BCUT2D eigenvalue weighted by molar-refractivity contribution is 6.39. The second-order valence-electron chi connectivity index (χ2n) is 14.9. The van der Waals surface area contributed by atoms with Gasteiger partial charge in [-0.1, -0.05) is 84.5 Å². The van der Waals surface area contributed by atoms with Crippen LogP contribution < -0.4 is 18.9 Å². The summed E-state index contributed by atoms with van der Waals surface area (Å²) in [5, 5.41) is 0. The van der Waals surface area contributed by atoms with E-state index in [0.29, 0.717) is 19.3 Å². The van der Waals surface area contributed by atoms with E-state index < -0.39 is 113 Å². The molecule has 0 saturated carbocycles. The molecule has 0 aliphatic heterocycles. The molecule has 23 heteroatoms. The molecule has 0 aliphatic rings. The highest BCUT2D eigenvalue weighted by Gasteiger charge is 2.45. The van der Waals surface area contributed by atoms with Crippen molar-refractivity contribution in [2.24, 2.45) is 0 Å². The minimum atomic E-state index is -5.64. The normalized spacial score (nSPS) is 13.0. The van der Waals surface area contributed by atoms with Crippen molar-refractivity contribution in [3.8, 4) is 17.2 Å². The molecule has 0 heterocycles. The zero-order valence-corrected chi connectivity index (χ0v) is 34.3. The Balaban J connectivity index is 2.25. The average Bonchev–Trinajstić information content (AvgIpc) is 3.15. The fraction of sp³-hybridized carbons (Fsp3) is 0.561. The Morgan fingerprint density at radius 2 is 0.703 bits per heavy atom. The lowest BCUT2D eigenvalue weighted by Gasteiger charge is -2.31. The van der Waals surface area contributed by atoms with Crippen LogP contribution >= 0.6 is 0 Å². The topological polar surface area (TPSA) is 30.9 Å². The van der Waals surface area contributed by atoms with Crippen molar-refractivity contribution in [1.29, 1.82) is 0 Å². The molecular formula is C41H44BF18NO3. The van der Waals surface area contributed by atoms with Crippen molar-refractivity contribution >= 4 is 13.0 Å². The fourth-order valence-corrected chi connectivity index (χ4v) is 6.44. The first kappa shape index (κ1) is 54.0. The van der Waals surface area contributed by atoms with E-state index in [9.17, 15) is 79.0 Å². The molecule has 0 bridgehead atoms. The molecule has 0 unspecified atom stereocenters. The summed E-state index contributed by atoms with van der Waals surface area (Å²) < 4.78 is 268. The van der Waals surface area contributed by atoms with Crippen LogP contribution in [0.1, 0.15) is 131 Å². The first-order valence-electron chi connectivity index (χ1n) is 20.1. The van der Waals surface area contributed by atoms with E-state index in [1.807, 2.05) is 0 Å². The van der Waals surface area contributed by atoms with Crippen LogP contribution in [0.5, 0.6) is 17.2 Å². The van der Waals surface area contributed by atoms with Gasteiger partial charge in [-0.05, 0) is 61.4 Å². The summed E-state index contributed by atoms with van der Waals surface area (Å²) in [7, 11) is -3.27. The molecule has 0 saturated heterocycles. The average molecular weight is 952 g/mol. The summed E-state index contributed by atoms with van der Waals surface area (Å²) in [5.74, 6) is -4.66. The van der Waals surface area contributed by atoms with Crippen LogP contribution in [0, 0.1) is 0 Å². The van der Waals surface area contributed by atoms with E-state index in [1.165, 1.54) is 0 Å². The predicted octanol–water partition coefficient (Wildman–Crippen LogP) is 16.2. The number of halogens is 18. The lowest BCUT2D eigenvalue weighted by atomic mass is 10.0. The summed E-state index contributed by atoms with van der Waals surface area (Å²) in [5.41, 5.74) is -13.6. The molecular weight excluding hydrogens is 907 g/mol. The zero-order chi connectivity index (χ0) is 48.3. The van der Waals surface area contributed by atoms with Gasteiger partial charge in [-0.3, -0.25) is 0 Å². The SMILES string of the molecule is CCCCCCCCCCCCCN(CCCC)c1c(OB(Oc2cc(C(F)(F)F)cc(C(F)(F)F)c2)Oc2cc(C(F)(F)F)cc(C(F)(F)F)c2)cc(C(F)(F)F)cc1C(F)(F)F. The van der Waals surface area contributed by atoms with E-state index in [2.05, 4.69) is 6.92 Å². The molecule has 0 N–H and O–H groups in total. The maximum Gasteiger partial charge on any atom is 0.864 e. The quantitative estimate of drug-likeness (QED) is 0.0570. The molecule has 64 heavy (non-hydrogen) atoms. The van der Waals surface area contributed by atoms with E-state index in [-0.39, 0.29) is 62.3 Å². The molecule has 360 valence electrons. The highest BCUT2D eigenvalue weighted by atomic mass is 19.4. The minimum absolute atomic E-state index is 0.0513. The molecule has 0 spiro atoms. The van der Waals surface area contributed by atoms with Gasteiger partial charge < -0.3 is 18.9 Å². The summed E-state index contributed by atoms with van der Waals surface area (Å²) >= 11 is 0. The lowest BCUT2D eigenvalue weighted by Crippen LogP contribution is -2.38. The standard InChI is InChI=1S/C41H44BF18NO3/c1-3-5-7-8-9-10-11-12-13-14-15-17-61(16-6-4-2)35-33(41(58,59)60)24-30(40(55,56)57)25-34(35)64-42(62-31-20-26(36(43,44)45)18-27(21-31)37(46,47)48)63-32-22-28(38(49,50)51)19-29(23-32)39(52,53)54/h18-25H,3-17H2,1-2H3. The number of nitrogens with zero attached hydrogens (tertiary/aromatic N) is 1. The van der Waals surface area contributed by atoms with Crippen LogP contribution in [0.2, 0.25) is 0 Å². The molecule has 0 atom stereocenters.